The van der Waals surface area contributed by atoms with Crippen LogP contribution in [0.3, 0.4) is 0 Å². The monoisotopic (exact) mass is 404 g/mol. The third kappa shape index (κ3) is 6.89. The third-order valence-electron chi connectivity index (χ3n) is 4.56. The van der Waals surface area contributed by atoms with Gasteiger partial charge in [0.15, 0.2) is 11.6 Å². The van der Waals surface area contributed by atoms with Crippen LogP contribution in [-0.4, -0.2) is 23.8 Å². The van der Waals surface area contributed by atoms with Gasteiger partial charge in [-0.25, -0.2) is 0 Å². The first-order valence-corrected chi connectivity index (χ1v) is 9.75. The molecule has 3 aromatic carbocycles. The second kappa shape index (κ2) is 10.4. The lowest BCUT2D eigenvalue weighted by Crippen LogP contribution is -2.12. The number of ether oxygens (including phenoxy) is 1. The molecule has 0 amide bonds. The van der Waals surface area contributed by atoms with Crippen LogP contribution in [0.2, 0.25) is 0 Å². The molecule has 0 saturated carbocycles. The van der Waals surface area contributed by atoms with Crippen molar-refractivity contribution in [3.63, 3.8) is 0 Å². The zero-order valence-electron chi connectivity index (χ0n) is 17.9. The van der Waals surface area contributed by atoms with Crippen molar-refractivity contribution in [2.24, 2.45) is 0 Å². The van der Waals surface area contributed by atoms with E-state index in [4.69, 9.17) is 9.84 Å². The average Bonchev–Trinajstić information content (AvgIpc) is 2.74. The number of aromatic hydroxyl groups is 1. The van der Waals surface area contributed by atoms with E-state index in [1.165, 1.54) is 0 Å². The summed E-state index contributed by atoms with van der Waals surface area (Å²) in [7, 11) is 1.57. The van der Waals surface area contributed by atoms with E-state index in [2.05, 4.69) is 20.8 Å². The van der Waals surface area contributed by atoms with E-state index in [0.29, 0.717) is 22.6 Å². The van der Waals surface area contributed by atoms with E-state index >= 15 is 0 Å². The maximum absolute atomic E-state index is 12.3. The normalized spacial score (nSPS) is 10.5. The van der Waals surface area contributed by atoms with Gasteiger partial charge in [0.25, 0.3) is 0 Å². The molecule has 156 valence electrons. The molecule has 0 fully saturated rings. The van der Waals surface area contributed by atoms with Gasteiger partial charge in [-0.3, -0.25) is 9.59 Å². The molecule has 0 bridgehead atoms. The van der Waals surface area contributed by atoms with Gasteiger partial charge < -0.3 is 9.84 Å². The number of methoxy groups -OCH3 is 1. The molecule has 0 atom stereocenters. The smallest absolute Gasteiger partial charge is 0.170 e. The van der Waals surface area contributed by atoms with Crippen LogP contribution in [-0.2, 0) is 5.41 Å². The largest absolute Gasteiger partial charge is 0.508 e. The number of hydrogen-bond acceptors (Lipinski definition) is 4. The van der Waals surface area contributed by atoms with Crippen LogP contribution in [0.5, 0.6) is 11.5 Å². The Morgan fingerprint density at radius 3 is 1.60 bits per heavy atom. The Kier molecular flexibility index (Phi) is 7.93. The van der Waals surface area contributed by atoms with Gasteiger partial charge >= 0.3 is 0 Å². The molecule has 0 radical (unpaired) electrons. The topological polar surface area (TPSA) is 63.6 Å². The van der Waals surface area contributed by atoms with Gasteiger partial charge in [0.2, 0.25) is 0 Å². The van der Waals surface area contributed by atoms with Gasteiger partial charge in [0.05, 0.1) is 13.5 Å². The average molecular weight is 405 g/mol. The minimum atomic E-state index is -0.183. The van der Waals surface area contributed by atoms with E-state index in [1.807, 2.05) is 18.2 Å². The Morgan fingerprint density at radius 2 is 1.23 bits per heavy atom. The highest BCUT2D eigenvalue weighted by Gasteiger charge is 2.16. The van der Waals surface area contributed by atoms with E-state index in [1.54, 1.807) is 67.8 Å². The van der Waals surface area contributed by atoms with Crippen LogP contribution < -0.4 is 4.74 Å². The molecule has 0 aromatic heterocycles. The van der Waals surface area contributed by atoms with Crippen LogP contribution in [0, 0.1) is 0 Å². The van der Waals surface area contributed by atoms with Crippen molar-refractivity contribution in [2.45, 2.75) is 32.6 Å². The maximum Gasteiger partial charge on any atom is 0.170 e. The second-order valence-electron chi connectivity index (χ2n) is 7.91. The van der Waals surface area contributed by atoms with E-state index in [-0.39, 0.29) is 23.4 Å². The number of hydrogen-bond donors (Lipinski definition) is 1. The molecule has 0 unspecified atom stereocenters. The minimum Gasteiger partial charge on any atom is -0.508 e. The lowest BCUT2D eigenvalue weighted by Gasteiger charge is -2.18. The van der Waals surface area contributed by atoms with Gasteiger partial charge in [-0.15, -0.1) is 0 Å². The van der Waals surface area contributed by atoms with Crippen LogP contribution >= 0.6 is 0 Å². The lowest BCUT2D eigenvalue weighted by atomic mass is 9.86. The summed E-state index contributed by atoms with van der Waals surface area (Å²) in [6.07, 6.45) is -0.124. The number of phenolic OH excluding ortho intramolecular Hbond substituents is 1. The first kappa shape index (κ1) is 22.9. The predicted octanol–water partition coefficient (Wildman–Crippen LogP) is 5.84. The van der Waals surface area contributed by atoms with Crippen molar-refractivity contribution in [2.75, 3.05) is 7.11 Å². The summed E-state index contributed by atoms with van der Waals surface area (Å²) >= 11 is 0. The molecule has 1 N–H and O–H groups in total. The second-order valence-corrected chi connectivity index (χ2v) is 7.91. The molecule has 0 saturated heterocycles. The van der Waals surface area contributed by atoms with Gasteiger partial charge in [0, 0.05) is 11.1 Å². The van der Waals surface area contributed by atoms with Crippen molar-refractivity contribution in [1.29, 1.82) is 0 Å². The molecule has 30 heavy (non-hydrogen) atoms. The maximum atomic E-state index is 12.3. The Bertz CT molecular complexity index is 951. The molecule has 0 heterocycles. The van der Waals surface area contributed by atoms with Crippen molar-refractivity contribution in [1.82, 2.24) is 0 Å². The molecule has 4 nitrogen and oxygen atoms in total. The Hall–Kier alpha value is -3.40. The highest BCUT2D eigenvalue weighted by Crippen LogP contribution is 2.22. The summed E-state index contributed by atoms with van der Waals surface area (Å²) in [6, 6.07) is 23.0. The first-order chi connectivity index (χ1) is 14.2. The molecule has 0 aliphatic carbocycles. The summed E-state index contributed by atoms with van der Waals surface area (Å²) in [5.74, 6) is 0.664. The van der Waals surface area contributed by atoms with Crippen molar-refractivity contribution in [3.8, 4) is 11.5 Å². The summed E-state index contributed by atoms with van der Waals surface area (Å²) in [6.45, 7) is 6.37. The number of ketones is 2. The van der Waals surface area contributed by atoms with Crippen LogP contribution in [0.15, 0.2) is 78.9 Å². The Morgan fingerprint density at radius 1 is 0.767 bits per heavy atom. The van der Waals surface area contributed by atoms with Crippen molar-refractivity contribution >= 4 is 11.6 Å². The molecule has 4 heteroatoms. The van der Waals surface area contributed by atoms with Crippen molar-refractivity contribution in [3.05, 3.63) is 95.6 Å². The zero-order valence-corrected chi connectivity index (χ0v) is 17.9. The number of carbonyl (C=O) groups excluding carboxylic acids is 2. The van der Waals surface area contributed by atoms with E-state index in [9.17, 15) is 9.59 Å². The minimum absolute atomic E-state index is 0.0422. The molecule has 3 rings (SSSR count). The van der Waals surface area contributed by atoms with Gasteiger partial charge in [-0.1, -0.05) is 63.2 Å². The Labute approximate surface area is 178 Å². The van der Waals surface area contributed by atoms with Crippen LogP contribution in [0.25, 0.3) is 0 Å². The molecule has 0 aliphatic heterocycles. The fraction of sp³-hybridized carbons (Fsp3) is 0.231. The number of rotatable bonds is 5. The molecule has 0 aliphatic rings. The number of Topliss-reactive ketones (excluding diaryl/α,β-unsaturated/α-hetero) is 2. The number of phenols is 1. The quantitative estimate of drug-likeness (QED) is 0.428. The van der Waals surface area contributed by atoms with Crippen LogP contribution in [0.4, 0.5) is 0 Å². The highest BCUT2D eigenvalue weighted by molar-refractivity contribution is 6.13. The van der Waals surface area contributed by atoms with E-state index in [0.717, 1.165) is 5.56 Å². The number of benzene rings is 3. The molecule has 3 aromatic rings. The fourth-order valence-corrected chi connectivity index (χ4v) is 2.71. The van der Waals surface area contributed by atoms with Crippen LogP contribution in [0.1, 0.15) is 53.5 Å². The Balaban J connectivity index is 0.000000386. The standard InChI is InChI=1S/C20H22O3.C6H6O/c1-20(2,3)16-9-5-14(6-10-16)18(21)13-19(22)15-7-11-17(23-4)12-8-15;7-6-4-2-1-3-5-6/h5-12H,13H2,1-4H3;1-5,7H. The predicted molar refractivity (Wildman–Crippen MR) is 120 cm³/mol. The van der Waals surface area contributed by atoms with E-state index < -0.39 is 0 Å². The van der Waals surface area contributed by atoms with Gasteiger partial charge in [-0.2, -0.15) is 0 Å². The summed E-state index contributed by atoms with van der Waals surface area (Å²) in [5.41, 5.74) is 2.29. The highest BCUT2D eigenvalue weighted by atomic mass is 16.5. The number of carbonyl (C=O) groups is 2. The van der Waals surface area contributed by atoms with Gasteiger partial charge in [-0.05, 0) is 47.4 Å². The SMILES string of the molecule is COc1ccc(C(=O)CC(=O)c2ccc(C(C)(C)C)cc2)cc1.Oc1ccccc1. The summed E-state index contributed by atoms with van der Waals surface area (Å²) in [5, 5.41) is 8.63. The zero-order chi connectivity index (χ0) is 22.1. The molecular formula is C26H28O4. The summed E-state index contributed by atoms with van der Waals surface area (Å²) < 4.78 is 5.06. The fourth-order valence-electron chi connectivity index (χ4n) is 2.71. The van der Waals surface area contributed by atoms with Crippen molar-refractivity contribution < 1.29 is 19.4 Å². The number of para-hydroxylation sites is 1. The lowest BCUT2D eigenvalue weighted by molar-refractivity contribution is 0.0894. The molecular weight excluding hydrogens is 376 g/mol. The summed E-state index contributed by atoms with van der Waals surface area (Å²) in [4.78, 5) is 24.5. The van der Waals surface area contributed by atoms with Gasteiger partial charge in [0.1, 0.15) is 11.5 Å². The first-order valence-electron chi connectivity index (χ1n) is 9.75. The molecule has 0 spiro atoms. The third-order valence-corrected chi connectivity index (χ3v) is 4.56.